The Morgan fingerprint density at radius 2 is 1.73 bits per heavy atom. The number of nitrogens with one attached hydrogen (secondary N) is 3. The number of carbonyl (C=O) groups excluding carboxylic acids is 1. The van der Waals surface area contributed by atoms with E-state index in [0.29, 0.717) is 18.8 Å². The fourth-order valence-electron chi connectivity index (χ4n) is 6.25. The standard InChI is InChI=1S/C35H57N7O2/c1-3-44-27-32(43)16-19-41-20-22-42(23-21-41)33-24-34(36)40-35(15-10-28(33)2)39-26-30-13-11-29(12-14-30)25-37-17-7-18-38-31-8-5-4-6-9-31/h11-14,24,31,37-38H,3-10,15-23,25-27,36H2,1-2H3,(H,39,40)/b33-28+,34-24-. The summed E-state index contributed by atoms with van der Waals surface area (Å²) >= 11 is 0. The molecule has 0 bridgehead atoms. The van der Waals surface area contributed by atoms with Gasteiger partial charge in [-0.1, -0.05) is 43.5 Å². The number of Topliss-reactive ketones (excluding diaryl/α,β-unsaturated/α-hetero) is 1. The van der Waals surface area contributed by atoms with Crippen LogP contribution in [-0.2, 0) is 22.6 Å². The first-order chi connectivity index (χ1) is 21.5. The first-order valence-corrected chi connectivity index (χ1v) is 17.1. The van der Waals surface area contributed by atoms with E-state index in [0.717, 1.165) is 83.6 Å². The second kappa shape index (κ2) is 18.9. The molecule has 0 aromatic heterocycles. The van der Waals surface area contributed by atoms with Crippen molar-refractivity contribution in [2.45, 2.75) is 90.8 Å². The number of hydrogen-bond acceptors (Lipinski definition) is 9. The first kappa shape index (κ1) is 34.2. The Kier molecular flexibility index (Phi) is 14.7. The summed E-state index contributed by atoms with van der Waals surface area (Å²) in [6.07, 6.45) is 12.4. The lowest BCUT2D eigenvalue weighted by molar-refractivity contribution is -0.123. The molecule has 0 spiro atoms. The van der Waals surface area contributed by atoms with Gasteiger partial charge in [0.1, 0.15) is 18.3 Å². The average Bonchev–Trinajstić information content (AvgIpc) is 3.05. The van der Waals surface area contributed by atoms with Crippen molar-refractivity contribution in [1.29, 1.82) is 0 Å². The number of allylic oxidation sites excluding steroid dienone is 2. The van der Waals surface area contributed by atoms with Crippen LogP contribution < -0.4 is 21.7 Å². The van der Waals surface area contributed by atoms with Crippen LogP contribution in [0.4, 0.5) is 0 Å². The number of amidine groups is 1. The number of hydrogen-bond donors (Lipinski definition) is 4. The molecule has 0 radical (unpaired) electrons. The van der Waals surface area contributed by atoms with Gasteiger partial charge in [0.05, 0.1) is 0 Å². The molecule has 3 aliphatic rings. The van der Waals surface area contributed by atoms with Crippen LogP contribution in [0.25, 0.3) is 0 Å². The SMILES string of the molecule is CCOCC(=O)CCN1CCN(C2=C(\C)CC/C(NCc3ccc(CNCCCNC4CCCCC4)cc3)=N/C(N)=C\2)CC1. The minimum atomic E-state index is 0.179. The Hall–Kier alpha value is -2.72. The summed E-state index contributed by atoms with van der Waals surface area (Å²) in [6, 6.07) is 9.59. The lowest BCUT2D eigenvalue weighted by Gasteiger charge is -2.37. The zero-order valence-electron chi connectivity index (χ0n) is 27.3. The van der Waals surface area contributed by atoms with Gasteiger partial charge in [0, 0.05) is 83.1 Å². The monoisotopic (exact) mass is 607 g/mol. The third-order valence-corrected chi connectivity index (χ3v) is 9.03. The Balaban J connectivity index is 1.15. The van der Waals surface area contributed by atoms with Crippen molar-refractivity contribution in [3.8, 4) is 0 Å². The summed E-state index contributed by atoms with van der Waals surface area (Å²) in [6.45, 7) is 13.3. The Labute approximate surface area is 265 Å². The number of ether oxygens (including phenoxy) is 1. The minimum absolute atomic E-state index is 0.179. The van der Waals surface area contributed by atoms with Crippen molar-refractivity contribution >= 4 is 11.6 Å². The Bertz CT molecular complexity index is 1100. The smallest absolute Gasteiger partial charge is 0.159 e. The van der Waals surface area contributed by atoms with E-state index < -0.39 is 0 Å². The van der Waals surface area contributed by atoms with Gasteiger partial charge in [0.2, 0.25) is 0 Å². The van der Waals surface area contributed by atoms with Gasteiger partial charge in [0.25, 0.3) is 0 Å². The van der Waals surface area contributed by atoms with E-state index in [1.54, 1.807) is 0 Å². The molecule has 0 amide bonds. The molecule has 9 heteroatoms. The quantitative estimate of drug-likeness (QED) is 0.209. The zero-order chi connectivity index (χ0) is 31.0. The molecular weight excluding hydrogens is 550 g/mol. The number of piperazine rings is 1. The molecule has 1 aromatic rings. The number of ketones is 1. The van der Waals surface area contributed by atoms with Gasteiger partial charge in [0.15, 0.2) is 5.78 Å². The number of nitrogens with zero attached hydrogens (tertiary/aromatic N) is 3. The van der Waals surface area contributed by atoms with Gasteiger partial charge < -0.3 is 31.3 Å². The number of aliphatic imine (C=N–C) groups is 1. The summed E-state index contributed by atoms with van der Waals surface area (Å²) in [5, 5.41) is 10.8. The molecule has 1 saturated carbocycles. The van der Waals surface area contributed by atoms with Gasteiger partial charge in [-0.3, -0.25) is 9.69 Å². The van der Waals surface area contributed by atoms with Gasteiger partial charge in [-0.15, -0.1) is 0 Å². The van der Waals surface area contributed by atoms with Gasteiger partial charge in [-0.05, 0) is 69.3 Å². The van der Waals surface area contributed by atoms with Gasteiger partial charge in [-0.2, -0.15) is 0 Å². The highest BCUT2D eigenvalue weighted by atomic mass is 16.5. The lowest BCUT2D eigenvalue weighted by Crippen LogP contribution is -2.46. The van der Waals surface area contributed by atoms with E-state index in [1.165, 1.54) is 60.9 Å². The van der Waals surface area contributed by atoms with Crippen LogP contribution in [0.15, 0.2) is 52.4 Å². The maximum Gasteiger partial charge on any atom is 0.159 e. The predicted molar refractivity (Wildman–Crippen MR) is 180 cm³/mol. The average molecular weight is 608 g/mol. The van der Waals surface area contributed by atoms with E-state index in [-0.39, 0.29) is 12.4 Å². The highest BCUT2D eigenvalue weighted by Crippen LogP contribution is 2.22. The Morgan fingerprint density at radius 3 is 2.45 bits per heavy atom. The number of nitrogens with two attached hydrogens (primary N) is 1. The molecule has 0 atom stereocenters. The molecule has 4 rings (SSSR count). The van der Waals surface area contributed by atoms with Gasteiger partial charge in [-0.25, -0.2) is 4.99 Å². The molecule has 0 unspecified atom stereocenters. The first-order valence-electron chi connectivity index (χ1n) is 17.1. The van der Waals surface area contributed by atoms with E-state index >= 15 is 0 Å². The molecule has 2 heterocycles. The molecule has 9 nitrogen and oxygen atoms in total. The van der Waals surface area contributed by atoms with Crippen molar-refractivity contribution in [2.24, 2.45) is 10.7 Å². The highest BCUT2D eigenvalue weighted by molar-refractivity contribution is 5.83. The van der Waals surface area contributed by atoms with Crippen LogP contribution in [-0.4, -0.2) is 86.5 Å². The third-order valence-electron chi connectivity index (χ3n) is 9.03. The predicted octanol–water partition coefficient (Wildman–Crippen LogP) is 4.06. The zero-order valence-corrected chi connectivity index (χ0v) is 27.3. The largest absolute Gasteiger partial charge is 0.384 e. The van der Waals surface area contributed by atoms with Crippen LogP contribution in [0, 0.1) is 0 Å². The van der Waals surface area contributed by atoms with Crippen molar-refractivity contribution in [3.63, 3.8) is 0 Å². The fourth-order valence-corrected chi connectivity index (χ4v) is 6.25. The van der Waals surface area contributed by atoms with Crippen molar-refractivity contribution < 1.29 is 9.53 Å². The van der Waals surface area contributed by atoms with E-state index in [4.69, 9.17) is 15.5 Å². The summed E-state index contributed by atoms with van der Waals surface area (Å²) < 4.78 is 5.24. The van der Waals surface area contributed by atoms with Crippen LogP contribution in [0.2, 0.25) is 0 Å². The molecule has 2 aliphatic heterocycles. The molecule has 1 aliphatic carbocycles. The maximum atomic E-state index is 12.0. The normalized spacial score (nSPS) is 22.9. The minimum Gasteiger partial charge on any atom is -0.384 e. The van der Waals surface area contributed by atoms with E-state index in [9.17, 15) is 4.79 Å². The topological polar surface area (TPSA) is 107 Å². The highest BCUT2D eigenvalue weighted by Gasteiger charge is 2.21. The molecule has 1 saturated heterocycles. The van der Waals surface area contributed by atoms with Gasteiger partial charge >= 0.3 is 0 Å². The van der Waals surface area contributed by atoms with Crippen molar-refractivity contribution in [1.82, 2.24) is 25.8 Å². The molecule has 44 heavy (non-hydrogen) atoms. The number of benzene rings is 1. The van der Waals surface area contributed by atoms with E-state index in [1.807, 2.05) is 13.0 Å². The van der Waals surface area contributed by atoms with Crippen LogP contribution >= 0.6 is 0 Å². The number of carbonyl (C=O) groups is 1. The lowest BCUT2D eigenvalue weighted by atomic mass is 9.95. The third kappa shape index (κ3) is 12.0. The van der Waals surface area contributed by atoms with Crippen molar-refractivity contribution in [2.75, 3.05) is 59.0 Å². The summed E-state index contributed by atoms with van der Waals surface area (Å²) in [5.74, 6) is 1.66. The van der Waals surface area contributed by atoms with Crippen LogP contribution in [0.1, 0.15) is 82.8 Å². The molecule has 1 aromatic carbocycles. The second-order valence-corrected chi connectivity index (χ2v) is 12.5. The molecule has 244 valence electrons. The summed E-state index contributed by atoms with van der Waals surface area (Å²) in [4.78, 5) is 21.5. The molecule has 2 fully saturated rings. The van der Waals surface area contributed by atoms with Crippen molar-refractivity contribution in [3.05, 3.63) is 58.6 Å². The fraction of sp³-hybridized carbons (Fsp3) is 0.657. The Morgan fingerprint density at radius 1 is 1.00 bits per heavy atom. The van der Waals surface area contributed by atoms with Crippen LogP contribution in [0.5, 0.6) is 0 Å². The maximum absolute atomic E-state index is 12.0. The van der Waals surface area contributed by atoms with E-state index in [2.05, 4.69) is 56.9 Å². The molecular formula is C35H57N7O2. The summed E-state index contributed by atoms with van der Waals surface area (Å²) in [7, 11) is 0. The summed E-state index contributed by atoms with van der Waals surface area (Å²) in [5.41, 5.74) is 11.5. The van der Waals surface area contributed by atoms with Crippen LogP contribution in [0.3, 0.4) is 0 Å². The second-order valence-electron chi connectivity index (χ2n) is 12.5. The molecule has 5 N–H and O–H groups in total. The number of rotatable bonds is 16.